The molecule has 0 amide bonds. The lowest BCUT2D eigenvalue weighted by atomic mass is 10.1. The Morgan fingerprint density at radius 2 is 1.63 bits per heavy atom. The van der Waals surface area contributed by atoms with Crippen molar-refractivity contribution in [1.82, 2.24) is 4.31 Å². The predicted octanol–water partition coefficient (Wildman–Crippen LogP) is 0.131. The van der Waals surface area contributed by atoms with E-state index in [0.717, 1.165) is 29.8 Å². The van der Waals surface area contributed by atoms with Crippen LogP contribution in [0.25, 0.3) is 0 Å². The van der Waals surface area contributed by atoms with Crippen molar-refractivity contribution in [1.29, 1.82) is 0 Å². The van der Waals surface area contributed by atoms with Gasteiger partial charge < -0.3 is 4.90 Å². The molecule has 1 aromatic rings. The van der Waals surface area contributed by atoms with Gasteiger partial charge in [0, 0.05) is 0 Å². The Hall–Kier alpha value is -0.910. The van der Waals surface area contributed by atoms with Gasteiger partial charge in [0.05, 0.1) is 38.1 Å². The van der Waals surface area contributed by atoms with Crippen LogP contribution >= 0.6 is 0 Å². The molecule has 0 aliphatic carbocycles. The Labute approximate surface area is 116 Å². The largest absolute Gasteiger partial charge is 0.335 e. The lowest BCUT2D eigenvalue weighted by Crippen LogP contribution is -3.12. The Balaban J connectivity index is 2.38. The highest BCUT2D eigenvalue weighted by Gasteiger charge is 2.30. The number of piperazine rings is 1. The van der Waals surface area contributed by atoms with Gasteiger partial charge in [-0.2, -0.15) is 4.31 Å². The Morgan fingerprint density at radius 1 is 1.05 bits per heavy atom. The Bertz CT molecular complexity index is 573. The van der Waals surface area contributed by atoms with Crippen molar-refractivity contribution in [3.8, 4) is 0 Å². The van der Waals surface area contributed by atoms with Crippen LogP contribution in [-0.2, 0) is 10.0 Å². The molecule has 5 heteroatoms. The summed E-state index contributed by atoms with van der Waals surface area (Å²) in [5.41, 5.74) is 3.09. The van der Waals surface area contributed by atoms with Crippen LogP contribution < -0.4 is 4.90 Å². The maximum atomic E-state index is 12.7. The van der Waals surface area contributed by atoms with Crippen molar-refractivity contribution < 1.29 is 13.3 Å². The second kappa shape index (κ2) is 5.23. The second-order valence-electron chi connectivity index (χ2n) is 5.49. The molecule has 4 nitrogen and oxygen atoms in total. The molecule has 19 heavy (non-hydrogen) atoms. The molecule has 1 fully saturated rings. The van der Waals surface area contributed by atoms with Gasteiger partial charge in [-0.3, -0.25) is 0 Å². The van der Waals surface area contributed by atoms with Gasteiger partial charge >= 0.3 is 0 Å². The molecular weight excluding hydrogens is 260 g/mol. The summed E-state index contributed by atoms with van der Waals surface area (Å²) in [6.07, 6.45) is 0. The van der Waals surface area contributed by atoms with Gasteiger partial charge in [0.15, 0.2) is 0 Å². The zero-order valence-electron chi connectivity index (χ0n) is 12.2. The number of aryl methyl sites for hydroxylation is 1. The SMILES string of the molecule is Cc1ccc(S(=O)(=O)N2CC[NH+](C)CC2)c(C)c1C. The molecule has 1 saturated heterocycles. The van der Waals surface area contributed by atoms with E-state index >= 15 is 0 Å². The van der Waals surface area contributed by atoms with Crippen LogP contribution in [0.4, 0.5) is 0 Å². The number of quaternary nitrogens is 1. The summed E-state index contributed by atoms with van der Waals surface area (Å²) in [7, 11) is -1.23. The minimum absolute atomic E-state index is 0.468. The van der Waals surface area contributed by atoms with Crippen molar-refractivity contribution in [2.24, 2.45) is 0 Å². The molecule has 1 heterocycles. The first kappa shape index (κ1) is 14.5. The number of likely N-dealkylation sites (N-methyl/N-ethyl adjacent to an activating group) is 1. The number of hydrogen-bond acceptors (Lipinski definition) is 2. The summed E-state index contributed by atoms with van der Waals surface area (Å²) in [5.74, 6) is 0. The van der Waals surface area contributed by atoms with Crippen molar-refractivity contribution in [2.75, 3.05) is 33.2 Å². The molecule has 1 N–H and O–H groups in total. The number of nitrogens with one attached hydrogen (secondary N) is 1. The predicted molar refractivity (Wildman–Crippen MR) is 76.0 cm³/mol. The lowest BCUT2D eigenvalue weighted by Gasteiger charge is -2.30. The van der Waals surface area contributed by atoms with Crippen LogP contribution in [0, 0.1) is 20.8 Å². The van der Waals surface area contributed by atoms with Crippen molar-refractivity contribution in [3.63, 3.8) is 0 Å². The molecule has 0 atom stereocenters. The molecule has 2 rings (SSSR count). The second-order valence-corrected chi connectivity index (χ2v) is 7.40. The number of rotatable bonds is 2. The van der Waals surface area contributed by atoms with E-state index in [1.807, 2.05) is 26.8 Å². The van der Waals surface area contributed by atoms with Crippen LogP contribution in [0.1, 0.15) is 16.7 Å². The van der Waals surface area contributed by atoms with Gasteiger partial charge in [0.2, 0.25) is 10.0 Å². The molecule has 0 saturated carbocycles. The molecular formula is C14H23N2O2S+. The first-order valence-electron chi connectivity index (χ1n) is 6.72. The fourth-order valence-electron chi connectivity index (χ4n) is 2.46. The monoisotopic (exact) mass is 283 g/mol. The van der Waals surface area contributed by atoms with E-state index in [-0.39, 0.29) is 0 Å². The lowest BCUT2D eigenvalue weighted by molar-refractivity contribution is -0.883. The molecule has 1 aromatic carbocycles. The van der Waals surface area contributed by atoms with E-state index in [0.29, 0.717) is 18.0 Å². The standard InChI is InChI=1S/C14H22N2O2S/c1-11-5-6-14(13(3)12(11)2)19(17,18)16-9-7-15(4)8-10-16/h5-6H,7-10H2,1-4H3/p+1. The molecule has 1 aliphatic rings. The smallest absolute Gasteiger partial charge is 0.243 e. The van der Waals surface area contributed by atoms with E-state index < -0.39 is 10.0 Å². The summed E-state index contributed by atoms with van der Waals surface area (Å²) in [5, 5.41) is 0. The maximum Gasteiger partial charge on any atom is 0.243 e. The van der Waals surface area contributed by atoms with Crippen LogP contribution in [0.5, 0.6) is 0 Å². The highest BCUT2D eigenvalue weighted by atomic mass is 32.2. The number of hydrogen-bond donors (Lipinski definition) is 1. The average Bonchev–Trinajstić information content (AvgIpc) is 2.36. The van der Waals surface area contributed by atoms with E-state index in [9.17, 15) is 8.42 Å². The van der Waals surface area contributed by atoms with Gasteiger partial charge in [-0.1, -0.05) is 6.07 Å². The molecule has 0 radical (unpaired) electrons. The van der Waals surface area contributed by atoms with Crippen molar-refractivity contribution in [3.05, 3.63) is 28.8 Å². The van der Waals surface area contributed by atoms with Crippen LogP contribution in [0.15, 0.2) is 17.0 Å². The summed E-state index contributed by atoms with van der Waals surface area (Å²) in [6, 6.07) is 3.65. The van der Waals surface area contributed by atoms with Gasteiger partial charge in [-0.15, -0.1) is 0 Å². The molecule has 0 unspecified atom stereocenters. The van der Waals surface area contributed by atoms with Gasteiger partial charge in [0.25, 0.3) is 0 Å². The molecule has 106 valence electrons. The quantitative estimate of drug-likeness (QED) is 0.838. The normalized spacial score (nSPS) is 18.7. The highest BCUT2D eigenvalue weighted by molar-refractivity contribution is 7.89. The molecule has 0 bridgehead atoms. The molecule has 0 spiro atoms. The maximum absolute atomic E-state index is 12.7. The minimum atomic E-state index is -3.34. The Kier molecular flexibility index (Phi) is 3.99. The van der Waals surface area contributed by atoms with Crippen LogP contribution in [0.2, 0.25) is 0 Å². The molecule has 1 aliphatic heterocycles. The van der Waals surface area contributed by atoms with Crippen molar-refractivity contribution in [2.45, 2.75) is 25.7 Å². The Morgan fingerprint density at radius 3 is 2.21 bits per heavy atom. The first-order valence-corrected chi connectivity index (χ1v) is 8.16. The van der Waals surface area contributed by atoms with Gasteiger partial charge in [-0.05, 0) is 43.5 Å². The van der Waals surface area contributed by atoms with E-state index in [1.54, 1.807) is 10.4 Å². The minimum Gasteiger partial charge on any atom is -0.335 e. The third-order valence-corrected chi connectivity index (χ3v) is 6.25. The van der Waals surface area contributed by atoms with E-state index in [1.165, 1.54) is 4.90 Å². The third-order valence-electron chi connectivity index (χ3n) is 4.20. The zero-order chi connectivity index (χ0) is 14.2. The highest BCUT2D eigenvalue weighted by Crippen LogP contribution is 2.24. The fraction of sp³-hybridized carbons (Fsp3) is 0.571. The topological polar surface area (TPSA) is 41.8 Å². The summed E-state index contributed by atoms with van der Waals surface area (Å²) in [6.45, 7) is 8.87. The third kappa shape index (κ3) is 2.68. The summed E-state index contributed by atoms with van der Waals surface area (Å²) in [4.78, 5) is 1.86. The zero-order valence-corrected chi connectivity index (χ0v) is 13.0. The first-order chi connectivity index (χ1) is 8.84. The number of nitrogens with zero attached hydrogens (tertiary/aromatic N) is 1. The number of benzene rings is 1. The average molecular weight is 283 g/mol. The van der Waals surface area contributed by atoms with E-state index in [2.05, 4.69) is 7.05 Å². The van der Waals surface area contributed by atoms with Crippen LogP contribution in [0.3, 0.4) is 0 Å². The fourth-order valence-corrected chi connectivity index (χ4v) is 4.18. The van der Waals surface area contributed by atoms with Gasteiger partial charge in [-0.25, -0.2) is 8.42 Å². The number of sulfonamides is 1. The van der Waals surface area contributed by atoms with Crippen molar-refractivity contribution >= 4 is 10.0 Å². The van der Waals surface area contributed by atoms with Crippen LogP contribution in [-0.4, -0.2) is 45.9 Å². The summed E-state index contributed by atoms with van der Waals surface area (Å²) < 4.78 is 27.0. The summed E-state index contributed by atoms with van der Waals surface area (Å²) >= 11 is 0. The van der Waals surface area contributed by atoms with Gasteiger partial charge in [0.1, 0.15) is 0 Å². The van der Waals surface area contributed by atoms with E-state index in [4.69, 9.17) is 0 Å². The molecule has 0 aromatic heterocycles.